The van der Waals surface area contributed by atoms with Crippen molar-refractivity contribution in [3.8, 4) is 11.5 Å². The van der Waals surface area contributed by atoms with E-state index >= 15 is 0 Å². The Morgan fingerprint density at radius 2 is 1.96 bits per heavy atom. The zero-order chi connectivity index (χ0) is 19.2. The van der Waals surface area contributed by atoms with E-state index in [9.17, 15) is 10.2 Å². The Balaban J connectivity index is 1.52. The summed E-state index contributed by atoms with van der Waals surface area (Å²) in [5.41, 5.74) is 1.09. The fraction of sp³-hybridized carbons (Fsp3) is 0.714. The van der Waals surface area contributed by atoms with Crippen molar-refractivity contribution in [3.05, 3.63) is 23.8 Å². The van der Waals surface area contributed by atoms with Gasteiger partial charge in [0.15, 0.2) is 0 Å². The number of aliphatic hydroxyl groups is 2. The lowest BCUT2D eigenvalue weighted by atomic mass is 10.1. The van der Waals surface area contributed by atoms with Gasteiger partial charge in [0.1, 0.15) is 24.2 Å². The molecule has 6 nitrogen and oxygen atoms in total. The van der Waals surface area contributed by atoms with E-state index in [4.69, 9.17) is 9.47 Å². The molecular weight excluding hydrogens is 344 g/mol. The van der Waals surface area contributed by atoms with Crippen LogP contribution in [0.1, 0.15) is 31.2 Å². The number of likely N-dealkylation sites (tertiary alicyclic amines) is 1. The van der Waals surface area contributed by atoms with E-state index in [0.717, 1.165) is 62.0 Å². The molecule has 0 spiro atoms. The molecule has 2 aliphatic rings. The fourth-order valence-electron chi connectivity index (χ4n) is 3.68. The van der Waals surface area contributed by atoms with Gasteiger partial charge in [0, 0.05) is 38.3 Å². The van der Waals surface area contributed by atoms with E-state index in [1.165, 1.54) is 12.8 Å². The molecule has 1 saturated heterocycles. The van der Waals surface area contributed by atoms with Gasteiger partial charge in [-0.1, -0.05) is 0 Å². The minimum Gasteiger partial charge on any atom is -0.497 e. The minimum atomic E-state index is -0.542. The number of piperidine rings is 1. The van der Waals surface area contributed by atoms with Crippen LogP contribution in [-0.2, 0) is 6.54 Å². The molecule has 1 aromatic carbocycles. The van der Waals surface area contributed by atoms with Gasteiger partial charge in [-0.25, -0.2) is 0 Å². The molecule has 0 bridgehead atoms. The summed E-state index contributed by atoms with van der Waals surface area (Å²) in [4.78, 5) is 4.52. The quantitative estimate of drug-likeness (QED) is 0.647. The molecule has 1 saturated carbocycles. The van der Waals surface area contributed by atoms with Crippen LogP contribution in [0.25, 0.3) is 0 Å². The summed E-state index contributed by atoms with van der Waals surface area (Å²) in [6, 6.07) is 5.86. The van der Waals surface area contributed by atoms with Gasteiger partial charge < -0.3 is 29.5 Å². The molecule has 0 amide bonds. The highest BCUT2D eigenvalue weighted by Gasteiger charge is 2.23. The van der Waals surface area contributed by atoms with Gasteiger partial charge >= 0.3 is 0 Å². The number of hydrogen-bond donors (Lipinski definition) is 2. The third kappa shape index (κ3) is 6.64. The fourth-order valence-corrected chi connectivity index (χ4v) is 3.68. The molecule has 0 radical (unpaired) electrons. The molecule has 0 aromatic heterocycles. The highest BCUT2D eigenvalue weighted by atomic mass is 16.5. The summed E-state index contributed by atoms with van der Waals surface area (Å²) in [5, 5.41) is 20.0. The lowest BCUT2D eigenvalue weighted by Crippen LogP contribution is -2.41. The third-order valence-corrected chi connectivity index (χ3v) is 5.43. The van der Waals surface area contributed by atoms with Crippen molar-refractivity contribution < 1.29 is 19.7 Å². The Hall–Kier alpha value is -1.34. The summed E-state index contributed by atoms with van der Waals surface area (Å²) < 4.78 is 11.3. The topological polar surface area (TPSA) is 65.4 Å². The summed E-state index contributed by atoms with van der Waals surface area (Å²) in [6.07, 6.45) is 3.51. The second kappa shape index (κ2) is 9.73. The summed E-state index contributed by atoms with van der Waals surface area (Å²) in [6.45, 7) is 4.43. The van der Waals surface area contributed by atoms with Gasteiger partial charge in [-0.05, 0) is 56.8 Å². The number of ether oxygens (including phenoxy) is 2. The maximum atomic E-state index is 10.4. The molecule has 27 heavy (non-hydrogen) atoms. The first kappa shape index (κ1) is 20.4. The maximum Gasteiger partial charge on any atom is 0.124 e. The van der Waals surface area contributed by atoms with Gasteiger partial charge in [-0.15, -0.1) is 0 Å². The first-order valence-corrected chi connectivity index (χ1v) is 10.1. The lowest BCUT2D eigenvalue weighted by molar-refractivity contribution is 0.0335. The SMILES string of the molecule is COc1ccc(OCC(O)CN2CCC(O)CC2)c(CN(C)CC2CC2)c1. The standard InChI is InChI=1S/C21H34N2O4/c1-22(12-16-3-4-16)13-17-11-20(26-2)5-6-21(17)27-15-19(25)14-23-9-7-18(24)8-10-23/h5-6,11,16,18-19,24-25H,3-4,7-10,12-15H2,1-2H3. The second-order valence-electron chi connectivity index (χ2n) is 8.11. The molecule has 1 aromatic rings. The Morgan fingerprint density at radius 1 is 1.22 bits per heavy atom. The number of benzene rings is 1. The zero-order valence-corrected chi connectivity index (χ0v) is 16.6. The van der Waals surface area contributed by atoms with Crippen molar-refractivity contribution >= 4 is 0 Å². The molecular formula is C21H34N2O4. The first-order valence-electron chi connectivity index (χ1n) is 10.1. The van der Waals surface area contributed by atoms with Gasteiger partial charge in [0.05, 0.1) is 13.2 Å². The Morgan fingerprint density at radius 3 is 2.63 bits per heavy atom. The van der Waals surface area contributed by atoms with Crippen LogP contribution in [0.3, 0.4) is 0 Å². The normalized spacial score (nSPS) is 20.0. The molecule has 2 N–H and O–H groups in total. The number of nitrogens with zero attached hydrogens (tertiary/aromatic N) is 2. The molecule has 152 valence electrons. The predicted octanol–water partition coefficient (Wildman–Crippen LogP) is 1.73. The van der Waals surface area contributed by atoms with Crippen LogP contribution < -0.4 is 9.47 Å². The van der Waals surface area contributed by atoms with Gasteiger partial charge in [0.2, 0.25) is 0 Å². The number of methoxy groups -OCH3 is 1. The van der Waals surface area contributed by atoms with Crippen molar-refractivity contribution in [1.82, 2.24) is 9.80 Å². The molecule has 6 heteroatoms. The summed E-state index contributed by atoms with van der Waals surface area (Å²) >= 11 is 0. The highest BCUT2D eigenvalue weighted by Crippen LogP contribution is 2.31. The number of rotatable bonds is 10. The smallest absolute Gasteiger partial charge is 0.124 e. The monoisotopic (exact) mass is 378 g/mol. The van der Waals surface area contributed by atoms with Gasteiger partial charge in [0.25, 0.3) is 0 Å². The molecule has 1 aliphatic heterocycles. The molecule has 3 rings (SSSR count). The summed E-state index contributed by atoms with van der Waals surface area (Å²) in [5.74, 6) is 2.48. The largest absolute Gasteiger partial charge is 0.497 e. The third-order valence-electron chi connectivity index (χ3n) is 5.43. The van der Waals surface area contributed by atoms with Crippen LogP contribution in [0, 0.1) is 5.92 Å². The van der Waals surface area contributed by atoms with E-state index in [-0.39, 0.29) is 12.7 Å². The van der Waals surface area contributed by atoms with Gasteiger partial charge in [-0.2, -0.15) is 0 Å². The van der Waals surface area contributed by atoms with Crippen molar-refractivity contribution in [2.45, 2.75) is 44.4 Å². The lowest BCUT2D eigenvalue weighted by Gasteiger charge is -2.31. The molecule has 2 fully saturated rings. The Bertz CT molecular complexity index is 586. The minimum absolute atomic E-state index is 0.191. The predicted molar refractivity (Wildman–Crippen MR) is 105 cm³/mol. The van der Waals surface area contributed by atoms with Crippen LogP contribution in [-0.4, -0.2) is 79.2 Å². The van der Waals surface area contributed by atoms with Crippen LogP contribution >= 0.6 is 0 Å². The van der Waals surface area contributed by atoms with Crippen molar-refractivity contribution in [2.24, 2.45) is 5.92 Å². The van der Waals surface area contributed by atoms with E-state index in [1.807, 2.05) is 18.2 Å². The van der Waals surface area contributed by atoms with Crippen LogP contribution in [0.4, 0.5) is 0 Å². The summed E-state index contributed by atoms with van der Waals surface area (Å²) in [7, 11) is 3.81. The molecule has 1 unspecified atom stereocenters. The van der Waals surface area contributed by atoms with E-state index in [0.29, 0.717) is 6.54 Å². The first-order chi connectivity index (χ1) is 13.0. The Kier molecular flexibility index (Phi) is 7.35. The molecule has 1 aliphatic carbocycles. The maximum absolute atomic E-state index is 10.4. The van der Waals surface area contributed by atoms with E-state index in [2.05, 4.69) is 16.8 Å². The second-order valence-corrected chi connectivity index (χ2v) is 8.11. The van der Waals surface area contributed by atoms with Crippen LogP contribution in [0.2, 0.25) is 0 Å². The Labute approximate surface area is 162 Å². The van der Waals surface area contributed by atoms with Gasteiger partial charge in [-0.3, -0.25) is 0 Å². The van der Waals surface area contributed by atoms with Crippen LogP contribution in [0.5, 0.6) is 11.5 Å². The number of hydrogen-bond acceptors (Lipinski definition) is 6. The van der Waals surface area contributed by atoms with Crippen molar-refractivity contribution in [3.63, 3.8) is 0 Å². The average molecular weight is 379 g/mol. The van der Waals surface area contributed by atoms with E-state index in [1.54, 1.807) is 7.11 Å². The molecule has 1 atom stereocenters. The molecule has 1 heterocycles. The number of aliphatic hydroxyl groups excluding tert-OH is 2. The van der Waals surface area contributed by atoms with Crippen LogP contribution in [0.15, 0.2) is 18.2 Å². The highest BCUT2D eigenvalue weighted by molar-refractivity contribution is 5.40. The van der Waals surface area contributed by atoms with Crippen molar-refractivity contribution in [2.75, 3.05) is 46.9 Å². The van der Waals surface area contributed by atoms with E-state index < -0.39 is 6.10 Å². The van der Waals surface area contributed by atoms with Crippen molar-refractivity contribution in [1.29, 1.82) is 0 Å². The average Bonchev–Trinajstić information content (AvgIpc) is 3.46. The zero-order valence-electron chi connectivity index (χ0n) is 16.6. The number of β-amino-alcohol motifs (C(OH)–C–C–N with tert-alkyl or cyclic N) is 1.